The van der Waals surface area contributed by atoms with Gasteiger partial charge in [-0.15, -0.1) is 0 Å². The fourth-order valence-corrected chi connectivity index (χ4v) is 1.10. The molecule has 0 aromatic carbocycles. The standard InChI is InChI=1S/C7H11N3O3/c1-5-8-6(3-2-4-11)7(9-5)10(12)13/h11H,2-4H2,1H3,(H,8,9). The second-order valence-corrected chi connectivity index (χ2v) is 2.70. The van der Waals surface area contributed by atoms with Crippen molar-refractivity contribution < 1.29 is 10.0 Å². The fraction of sp³-hybridized carbons (Fsp3) is 0.571. The fourth-order valence-electron chi connectivity index (χ4n) is 1.10. The summed E-state index contributed by atoms with van der Waals surface area (Å²) >= 11 is 0. The largest absolute Gasteiger partial charge is 0.396 e. The van der Waals surface area contributed by atoms with Crippen LogP contribution >= 0.6 is 0 Å². The molecule has 0 saturated carbocycles. The summed E-state index contributed by atoms with van der Waals surface area (Å²) in [6.07, 6.45) is 0.919. The zero-order valence-electron chi connectivity index (χ0n) is 7.28. The number of rotatable bonds is 4. The lowest BCUT2D eigenvalue weighted by atomic mass is 10.2. The first kappa shape index (κ1) is 9.66. The van der Waals surface area contributed by atoms with E-state index in [0.29, 0.717) is 24.4 Å². The van der Waals surface area contributed by atoms with Gasteiger partial charge in [0.25, 0.3) is 0 Å². The molecule has 0 aliphatic rings. The van der Waals surface area contributed by atoms with Crippen LogP contribution in [-0.2, 0) is 6.42 Å². The molecular formula is C7H11N3O3. The van der Waals surface area contributed by atoms with E-state index in [1.165, 1.54) is 0 Å². The van der Waals surface area contributed by atoms with Gasteiger partial charge in [-0.3, -0.25) is 0 Å². The first-order chi connectivity index (χ1) is 6.15. The van der Waals surface area contributed by atoms with Crippen molar-refractivity contribution in [1.82, 2.24) is 9.97 Å². The first-order valence-corrected chi connectivity index (χ1v) is 3.96. The van der Waals surface area contributed by atoms with Crippen LogP contribution in [0.4, 0.5) is 5.82 Å². The van der Waals surface area contributed by atoms with Crippen LogP contribution in [0.25, 0.3) is 0 Å². The summed E-state index contributed by atoms with van der Waals surface area (Å²) in [4.78, 5) is 16.5. The van der Waals surface area contributed by atoms with Gasteiger partial charge in [0, 0.05) is 20.0 Å². The lowest BCUT2D eigenvalue weighted by Gasteiger charge is -1.94. The highest BCUT2D eigenvalue weighted by molar-refractivity contribution is 5.27. The topological polar surface area (TPSA) is 92.1 Å². The summed E-state index contributed by atoms with van der Waals surface area (Å²) in [6, 6.07) is 0. The third-order valence-corrected chi connectivity index (χ3v) is 1.63. The number of hydrogen-bond acceptors (Lipinski definition) is 4. The van der Waals surface area contributed by atoms with E-state index in [4.69, 9.17) is 5.11 Å². The monoisotopic (exact) mass is 185 g/mol. The number of aliphatic hydroxyl groups is 1. The van der Waals surface area contributed by atoms with Crippen molar-refractivity contribution in [3.8, 4) is 0 Å². The molecule has 0 unspecified atom stereocenters. The van der Waals surface area contributed by atoms with Gasteiger partial charge in [0.2, 0.25) is 0 Å². The molecule has 0 fully saturated rings. The molecule has 6 heteroatoms. The molecule has 0 amide bonds. The summed E-state index contributed by atoms with van der Waals surface area (Å²) in [5.41, 5.74) is 0.413. The van der Waals surface area contributed by atoms with E-state index in [1.807, 2.05) is 0 Å². The van der Waals surface area contributed by atoms with E-state index >= 15 is 0 Å². The molecule has 1 aromatic rings. The van der Waals surface area contributed by atoms with Crippen molar-refractivity contribution in [3.05, 3.63) is 21.6 Å². The molecule has 6 nitrogen and oxygen atoms in total. The minimum Gasteiger partial charge on any atom is -0.396 e. The normalized spacial score (nSPS) is 10.3. The Bertz CT molecular complexity index is 308. The van der Waals surface area contributed by atoms with Gasteiger partial charge in [0.1, 0.15) is 5.69 Å². The molecule has 0 spiro atoms. The van der Waals surface area contributed by atoms with Crippen LogP contribution in [-0.4, -0.2) is 26.6 Å². The Morgan fingerprint density at radius 2 is 2.38 bits per heavy atom. The smallest absolute Gasteiger partial charge is 0.343 e. The second kappa shape index (κ2) is 3.99. The quantitative estimate of drug-likeness (QED) is 0.529. The van der Waals surface area contributed by atoms with Gasteiger partial charge in [-0.05, 0) is 11.3 Å². The van der Waals surface area contributed by atoms with Gasteiger partial charge in [0.15, 0.2) is 5.82 Å². The Hall–Kier alpha value is -1.43. The van der Waals surface area contributed by atoms with Gasteiger partial charge in [-0.1, -0.05) is 0 Å². The van der Waals surface area contributed by atoms with E-state index in [-0.39, 0.29) is 12.4 Å². The number of nitrogens with zero attached hydrogens (tertiary/aromatic N) is 2. The van der Waals surface area contributed by atoms with Crippen LogP contribution < -0.4 is 0 Å². The Labute approximate surface area is 74.8 Å². The minimum absolute atomic E-state index is 0.0169. The average Bonchev–Trinajstić information content (AvgIpc) is 2.43. The third-order valence-electron chi connectivity index (χ3n) is 1.63. The predicted molar refractivity (Wildman–Crippen MR) is 45.4 cm³/mol. The van der Waals surface area contributed by atoms with Crippen molar-refractivity contribution in [2.75, 3.05) is 6.61 Å². The van der Waals surface area contributed by atoms with Crippen LogP contribution in [0, 0.1) is 17.0 Å². The van der Waals surface area contributed by atoms with E-state index in [9.17, 15) is 10.1 Å². The Morgan fingerprint density at radius 1 is 1.69 bits per heavy atom. The Kier molecular flexibility index (Phi) is 2.97. The van der Waals surface area contributed by atoms with Crippen LogP contribution in [0.3, 0.4) is 0 Å². The number of aromatic nitrogens is 2. The van der Waals surface area contributed by atoms with Gasteiger partial charge >= 0.3 is 5.82 Å². The summed E-state index contributed by atoms with van der Waals surface area (Å²) in [5.74, 6) is 0.464. The summed E-state index contributed by atoms with van der Waals surface area (Å²) < 4.78 is 0. The minimum atomic E-state index is -0.493. The number of imidazole rings is 1. The van der Waals surface area contributed by atoms with Crippen LogP contribution in [0.1, 0.15) is 17.9 Å². The van der Waals surface area contributed by atoms with Gasteiger partial charge in [0.05, 0.1) is 0 Å². The number of H-pyrrole nitrogens is 1. The average molecular weight is 185 g/mol. The molecule has 13 heavy (non-hydrogen) atoms. The number of nitrogens with one attached hydrogen (secondary N) is 1. The zero-order chi connectivity index (χ0) is 9.84. The van der Waals surface area contributed by atoms with Crippen molar-refractivity contribution in [1.29, 1.82) is 0 Å². The van der Waals surface area contributed by atoms with Gasteiger partial charge in [-0.25, -0.2) is 9.97 Å². The lowest BCUT2D eigenvalue weighted by Crippen LogP contribution is -1.96. The Morgan fingerprint density at radius 3 is 2.92 bits per heavy atom. The SMILES string of the molecule is Cc1nc(CCCO)c([N+](=O)[O-])[nH]1. The molecule has 0 aliphatic carbocycles. The predicted octanol–water partition coefficient (Wildman–Crippen LogP) is 0.551. The number of hydrogen-bond donors (Lipinski definition) is 2. The van der Waals surface area contributed by atoms with E-state index in [2.05, 4.69) is 9.97 Å². The van der Waals surface area contributed by atoms with Crippen LogP contribution in [0.5, 0.6) is 0 Å². The molecular weight excluding hydrogens is 174 g/mol. The van der Waals surface area contributed by atoms with Crippen molar-refractivity contribution in [2.24, 2.45) is 0 Å². The molecule has 2 N–H and O–H groups in total. The second-order valence-electron chi connectivity index (χ2n) is 2.70. The number of aliphatic hydroxyl groups excluding tert-OH is 1. The number of aromatic amines is 1. The molecule has 0 aliphatic heterocycles. The van der Waals surface area contributed by atoms with E-state index in [1.54, 1.807) is 6.92 Å². The maximum atomic E-state index is 10.5. The molecule has 0 saturated heterocycles. The highest BCUT2D eigenvalue weighted by Gasteiger charge is 2.16. The van der Waals surface area contributed by atoms with Crippen molar-refractivity contribution in [3.63, 3.8) is 0 Å². The maximum Gasteiger partial charge on any atom is 0.343 e. The molecule has 0 bridgehead atoms. The zero-order valence-corrected chi connectivity index (χ0v) is 7.28. The van der Waals surface area contributed by atoms with Crippen LogP contribution in [0.2, 0.25) is 0 Å². The molecule has 0 atom stereocenters. The molecule has 1 rings (SSSR count). The summed E-state index contributed by atoms with van der Waals surface area (Å²) in [6.45, 7) is 1.68. The maximum absolute atomic E-state index is 10.5. The molecule has 1 heterocycles. The van der Waals surface area contributed by atoms with Crippen LogP contribution in [0.15, 0.2) is 0 Å². The Balaban J connectivity index is 2.84. The lowest BCUT2D eigenvalue weighted by molar-refractivity contribution is -0.390. The molecule has 1 aromatic heterocycles. The molecule has 0 radical (unpaired) electrons. The summed E-state index contributed by atoms with van der Waals surface area (Å²) in [7, 11) is 0. The number of aryl methyl sites for hydroxylation is 2. The molecule has 72 valence electrons. The van der Waals surface area contributed by atoms with E-state index in [0.717, 1.165) is 0 Å². The first-order valence-electron chi connectivity index (χ1n) is 3.96. The number of nitro groups is 1. The van der Waals surface area contributed by atoms with Gasteiger partial charge < -0.3 is 15.2 Å². The van der Waals surface area contributed by atoms with Crippen molar-refractivity contribution in [2.45, 2.75) is 19.8 Å². The third kappa shape index (κ3) is 2.25. The summed E-state index contributed by atoms with van der Waals surface area (Å²) in [5, 5.41) is 19.0. The van der Waals surface area contributed by atoms with Crippen molar-refractivity contribution >= 4 is 5.82 Å². The van der Waals surface area contributed by atoms with Gasteiger partial charge in [-0.2, -0.15) is 0 Å². The van der Waals surface area contributed by atoms with E-state index < -0.39 is 4.92 Å². The highest BCUT2D eigenvalue weighted by atomic mass is 16.6. The highest BCUT2D eigenvalue weighted by Crippen LogP contribution is 2.15.